The van der Waals surface area contributed by atoms with Crippen LogP contribution in [0.4, 0.5) is 0 Å². The molecule has 1 N–H and O–H groups in total. The molecule has 0 aromatic heterocycles. The number of ether oxygens (including phenoxy) is 1. The molecule has 1 aliphatic carbocycles. The van der Waals surface area contributed by atoms with Gasteiger partial charge < -0.3 is 15.0 Å². The Hall–Kier alpha value is -2.37. The smallest absolute Gasteiger partial charge is 0.338 e. The van der Waals surface area contributed by atoms with Gasteiger partial charge in [0, 0.05) is 25.6 Å². The third-order valence-electron chi connectivity index (χ3n) is 4.76. The Labute approximate surface area is 147 Å². The first-order chi connectivity index (χ1) is 12.1. The van der Waals surface area contributed by atoms with Gasteiger partial charge in [0.05, 0.1) is 5.56 Å². The molecular weight excluding hydrogens is 320 g/mol. The molecule has 2 fully saturated rings. The normalized spacial score (nSPS) is 17.8. The number of hydrogen-bond donors (Lipinski definition) is 1. The average molecular weight is 344 g/mol. The predicted molar refractivity (Wildman–Crippen MR) is 91.8 cm³/mol. The van der Waals surface area contributed by atoms with E-state index in [4.69, 9.17) is 4.74 Å². The maximum atomic E-state index is 12.2. The number of esters is 1. The van der Waals surface area contributed by atoms with Crippen molar-refractivity contribution < 1.29 is 19.1 Å². The molecule has 25 heavy (non-hydrogen) atoms. The van der Waals surface area contributed by atoms with Gasteiger partial charge in [-0.3, -0.25) is 9.59 Å². The highest BCUT2D eigenvalue weighted by Crippen LogP contribution is 2.18. The first-order valence-electron chi connectivity index (χ1n) is 8.95. The Balaban J connectivity index is 1.50. The fourth-order valence-electron chi connectivity index (χ4n) is 3.44. The first kappa shape index (κ1) is 17.5. The largest absolute Gasteiger partial charge is 0.452 e. The minimum Gasteiger partial charge on any atom is -0.452 e. The highest BCUT2D eigenvalue weighted by molar-refractivity contribution is 5.91. The van der Waals surface area contributed by atoms with Crippen LogP contribution in [-0.4, -0.2) is 41.9 Å². The van der Waals surface area contributed by atoms with Gasteiger partial charge >= 0.3 is 5.97 Å². The molecule has 1 aromatic rings. The molecule has 0 atom stereocenters. The molecule has 1 heterocycles. The van der Waals surface area contributed by atoms with Crippen molar-refractivity contribution in [3.63, 3.8) is 0 Å². The average Bonchev–Trinajstić information content (AvgIpc) is 3.25. The van der Waals surface area contributed by atoms with Gasteiger partial charge in [0.1, 0.15) is 0 Å². The Kier molecular flexibility index (Phi) is 5.68. The van der Waals surface area contributed by atoms with Crippen LogP contribution >= 0.6 is 0 Å². The Morgan fingerprint density at radius 1 is 1.20 bits per heavy atom. The number of amides is 2. The van der Waals surface area contributed by atoms with E-state index in [2.05, 4.69) is 5.32 Å². The number of carbonyl (C=O) groups is 3. The number of hydrogen-bond acceptors (Lipinski definition) is 4. The molecule has 134 valence electrons. The molecule has 0 bridgehead atoms. The molecule has 3 rings (SSSR count). The Morgan fingerprint density at radius 2 is 2.00 bits per heavy atom. The molecule has 0 spiro atoms. The fourth-order valence-corrected chi connectivity index (χ4v) is 3.44. The van der Waals surface area contributed by atoms with E-state index in [0.717, 1.165) is 44.2 Å². The summed E-state index contributed by atoms with van der Waals surface area (Å²) in [6, 6.07) is 7.25. The summed E-state index contributed by atoms with van der Waals surface area (Å²) in [5.41, 5.74) is 1.29. The third kappa shape index (κ3) is 4.81. The van der Waals surface area contributed by atoms with Crippen molar-refractivity contribution in [3.05, 3.63) is 35.4 Å². The van der Waals surface area contributed by atoms with Crippen molar-refractivity contribution >= 4 is 17.8 Å². The first-order valence-corrected chi connectivity index (χ1v) is 8.95. The molecule has 1 aromatic carbocycles. The number of carbonyl (C=O) groups excluding carboxylic acids is 3. The molecular formula is C19H24N2O4. The van der Waals surface area contributed by atoms with E-state index in [9.17, 15) is 14.4 Å². The van der Waals surface area contributed by atoms with Crippen LogP contribution in [0.1, 0.15) is 54.4 Å². The zero-order valence-electron chi connectivity index (χ0n) is 14.3. The number of nitrogens with zero attached hydrogens (tertiary/aromatic N) is 1. The number of likely N-dealkylation sites (tertiary alicyclic amines) is 1. The highest BCUT2D eigenvalue weighted by Gasteiger charge is 2.21. The second-order valence-electron chi connectivity index (χ2n) is 6.74. The molecule has 0 radical (unpaired) electrons. The second-order valence-corrected chi connectivity index (χ2v) is 6.74. The van der Waals surface area contributed by atoms with Crippen molar-refractivity contribution in [2.45, 2.75) is 51.1 Å². The van der Waals surface area contributed by atoms with Gasteiger partial charge in [-0.05, 0) is 37.0 Å². The summed E-state index contributed by atoms with van der Waals surface area (Å²) in [4.78, 5) is 37.5. The van der Waals surface area contributed by atoms with Crippen molar-refractivity contribution in [1.29, 1.82) is 0 Å². The molecule has 1 aliphatic heterocycles. The monoisotopic (exact) mass is 344 g/mol. The van der Waals surface area contributed by atoms with Crippen LogP contribution in [0.25, 0.3) is 0 Å². The lowest BCUT2D eigenvalue weighted by molar-refractivity contribution is -0.128. The standard InChI is InChI=1S/C19H24N2O4/c22-17(20-16-7-1-2-8-16)13-25-19(24)15-6-3-5-14(11-15)12-21-10-4-9-18(21)23/h3,5-6,11,16H,1-2,4,7-10,12-13H2,(H,20,22). The van der Waals surface area contributed by atoms with Gasteiger partial charge in [-0.25, -0.2) is 4.79 Å². The van der Waals surface area contributed by atoms with E-state index in [1.54, 1.807) is 23.1 Å². The van der Waals surface area contributed by atoms with Crippen molar-refractivity contribution in [2.75, 3.05) is 13.2 Å². The minimum absolute atomic E-state index is 0.150. The molecule has 6 nitrogen and oxygen atoms in total. The van der Waals surface area contributed by atoms with Crippen molar-refractivity contribution in [1.82, 2.24) is 10.2 Å². The molecule has 0 unspecified atom stereocenters. The van der Waals surface area contributed by atoms with Gasteiger partial charge in [-0.2, -0.15) is 0 Å². The SMILES string of the molecule is O=C(COC(=O)c1cccc(CN2CCCC2=O)c1)NC1CCCC1. The zero-order chi connectivity index (χ0) is 17.6. The van der Waals surface area contributed by atoms with E-state index in [1.807, 2.05) is 6.07 Å². The highest BCUT2D eigenvalue weighted by atomic mass is 16.5. The van der Waals surface area contributed by atoms with E-state index in [-0.39, 0.29) is 24.5 Å². The summed E-state index contributed by atoms with van der Waals surface area (Å²) in [6.07, 6.45) is 5.75. The van der Waals surface area contributed by atoms with Gasteiger partial charge in [-0.15, -0.1) is 0 Å². The summed E-state index contributed by atoms with van der Waals surface area (Å²) >= 11 is 0. The Morgan fingerprint density at radius 3 is 2.72 bits per heavy atom. The van der Waals surface area contributed by atoms with E-state index in [1.165, 1.54) is 0 Å². The van der Waals surface area contributed by atoms with E-state index >= 15 is 0 Å². The topological polar surface area (TPSA) is 75.7 Å². The summed E-state index contributed by atoms with van der Waals surface area (Å²) < 4.78 is 5.11. The lowest BCUT2D eigenvalue weighted by Crippen LogP contribution is -2.35. The van der Waals surface area contributed by atoms with Crippen LogP contribution in [-0.2, 0) is 20.9 Å². The van der Waals surface area contributed by atoms with Crippen LogP contribution in [0.5, 0.6) is 0 Å². The van der Waals surface area contributed by atoms with Crippen LogP contribution in [0.3, 0.4) is 0 Å². The lowest BCUT2D eigenvalue weighted by Gasteiger charge is -2.16. The van der Waals surface area contributed by atoms with Crippen LogP contribution < -0.4 is 5.32 Å². The number of nitrogens with one attached hydrogen (secondary N) is 1. The van der Waals surface area contributed by atoms with Crippen molar-refractivity contribution in [2.24, 2.45) is 0 Å². The molecule has 2 aliphatic rings. The second kappa shape index (κ2) is 8.14. The molecule has 6 heteroatoms. The fraction of sp³-hybridized carbons (Fsp3) is 0.526. The zero-order valence-corrected chi connectivity index (χ0v) is 14.3. The van der Waals surface area contributed by atoms with E-state index in [0.29, 0.717) is 18.5 Å². The number of rotatable bonds is 6. The maximum Gasteiger partial charge on any atom is 0.338 e. The summed E-state index contributed by atoms with van der Waals surface area (Å²) in [5.74, 6) is -0.619. The molecule has 2 amide bonds. The summed E-state index contributed by atoms with van der Waals surface area (Å²) in [5, 5.41) is 2.89. The summed E-state index contributed by atoms with van der Waals surface area (Å²) in [7, 11) is 0. The Bertz CT molecular complexity index is 653. The minimum atomic E-state index is -0.517. The van der Waals surface area contributed by atoms with Gasteiger partial charge in [0.2, 0.25) is 5.91 Å². The third-order valence-corrected chi connectivity index (χ3v) is 4.76. The number of benzene rings is 1. The molecule has 1 saturated heterocycles. The molecule has 1 saturated carbocycles. The van der Waals surface area contributed by atoms with Gasteiger partial charge in [0.25, 0.3) is 5.91 Å². The summed E-state index contributed by atoms with van der Waals surface area (Å²) in [6.45, 7) is 1.00. The van der Waals surface area contributed by atoms with Gasteiger partial charge in [-0.1, -0.05) is 25.0 Å². The van der Waals surface area contributed by atoms with Crippen LogP contribution in [0.2, 0.25) is 0 Å². The lowest BCUT2D eigenvalue weighted by atomic mass is 10.1. The van der Waals surface area contributed by atoms with Crippen LogP contribution in [0, 0.1) is 0 Å². The van der Waals surface area contributed by atoms with E-state index < -0.39 is 5.97 Å². The van der Waals surface area contributed by atoms with Crippen molar-refractivity contribution in [3.8, 4) is 0 Å². The maximum absolute atomic E-state index is 12.2. The van der Waals surface area contributed by atoms with Crippen LogP contribution in [0.15, 0.2) is 24.3 Å². The van der Waals surface area contributed by atoms with Gasteiger partial charge in [0.15, 0.2) is 6.61 Å². The predicted octanol–water partition coefficient (Wildman–Crippen LogP) is 2.02. The quantitative estimate of drug-likeness (QED) is 0.801.